The molecule has 0 saturated carbocycles. The maximum atomic E-state index is 5.67. The number of halogens is 1. The lowest BCUT2D eigenvalue weighted by Gasteiger charge is -2.04. The van der Waals surface area contributed by atoms with Crippen LogP contribution < -0.4 is 11.1 Å². The number of nitrogens with zero attached hydrogens (tertiary/aromatic N) is 2. The molecule has 5 heteroatoms. The molecule has 2 rings (SSSR count). The fourth-order valence-corrected chi connectivity index (χ4v) is 1.22. The van der Waals surface area contributed by atoms with Gasteiger partial charge < -0.3 is 11.1 Å². The molecule has 0 aliphatic carbocycles. The number of benzene rings is 1. The quantitative estimate of drug-likeness (QED) is 0.764. The second-order valence-corrected chi connectivity index (χ2v) is 3.41. The summed E-state index contributed by atoms with van der Waals surface area (Å²) in [6.45, 7) is 0. The van der Waals surface area contributed by atoms with Gasteiger partial charge in [-0.2, -0.15) is 0 Å². The highest BCUT2D eigenvalue weighted by Crippen LogP contribution is 2.16. The van der Waals surface area contributed by atoms with Crippen LogP contribution in [0.3, 0.4) is 0 Å². The largest absolute Gasteiger partial charge is 0.399 e. The number of nitrogens with two attached hydrogens (primary N) is 1. The van der Waals surface area contributed by atoms with E-state index in [-0.39, 0.29) is 0 Å². The Hall–Kier alpha value is -1.81. The maximum absolute atomic E-state index is 5.67. The van der Waals surface area contributed by atoms with Crippen molar-refractivity contribution >= 4 is 28.9 Å². The molecule has 0 aliphatic heterocycles. The van der Waals surface area contributed by atoms with Crippen molar-refractivity contribution in [1.29, 1.82) is 0 Å². The zero-order valence-corrected chi connectivity index (χ0v) is 8.57. The highest BCUT2D eigenvalue weighted by molar-refractivity contribution is 6.30. The van der Waals surface area contributed by atoms with Gasteiger partial charge in [-0.3, -0.25) is 0 Å². The van der Waals surface area contributed by atoms with Gasteiger partial charge in [0.05, 0.1) is 17.4 Å². The Labute approximate surface area is 92.1 Å². The first-order valence-electron chi connectivity index (χ1n) is 4.34. The Morgan fingerprint density at radius 2 is 1.93 bits per heavy atom. The molecule has 0 bridgehead atoms. The first-order chi connectivity index (χ1) is 7.24. The second kappa shape index (κ2) is 4.14. The van der Waals surface area contributed by atoms with Crippen molar-refractivity contribution < 1.29 is 0 Å². The molecule has 0 fully saturated rings. The summed E-state index contributed by atoms with van der Waals surface area (Å²) in [5, 5.41) is 3.52. The summed E-state index contributed by atoms with van der Waals surface area (Å²) in [6, 6.07) is 7.35. The minimum atomic E-state index is 0.491. The first kappa shape index (κ1) is 9.73. The summed E-state index contributed by atoms with van der Waals surface area (Å²) < 4.78 is 0. The van der Waals surface area contributed by atoms with Crippen LogP contribution in [0.4, 0.5) is 17.3 Å². The van der Waals surface area contributed by atoms with E-state index in [4.69, 9.17) is 17.3 Å². The lowest BCUT2D eigenvalue weighted by atomic mass is 10.3. The first-order valence-corrected chi connectivity index (χ1v) is 4.72. The molecular formula is C10H9ClN4. The van der Waals surface area contributed by atoms with Crippen LogP contribution in [0.15, 0.2) is 36.7 Å². The number of nitrogen functional groups attached to an aromatic ring is 1. The number of nitrogens with one attached hydrogen (secondary N) is 1. The Morgan fingerprint density at radius 3 is 2.60 bits per heavy atom. The van der Waals surface area contributed by atoms with Gasteiger partial charge in [0.2, 0.25) is 5.95 Å². The van der Waals surface area contributed by atoms with E-state index in [0.29, 0.717) is 16.7 Å². The molecule has 0 unspecified atom stereocenters. The number of hydrogen-bond acceptors (Lipinski definition) is 4. The highest BCUT2D eigenvalue weighted by Gasteiger charge is 1.97. The molecule has 15 heavy (non-hydrogen) atoms. The summed E-state index contributed by atoms with van der Waals surface area (Å²) in [5.74, 6) is 0.491. The zero-order valence-electron chi connectivity index (χ0n) is 7.81. The average Bonchev–Trinajstić information content (AvgIpc) is 2.22. The lowest BCUT2D eigenvalue weighted by Crippen LogP contribution is -1.96. The predicted molar refractivity (Wildman–Crippen MR) is 61.2 cm³/mol. The highest BCUT2D eigenvalue weighted by atomic mass is 35.5. The van der Waals surface area contributed by atoms with Crippen molar-refractivity contribution in [3.8, 4) is 0 Å². The van der Waals surface area contributed by atoms with Crippen molar-refractivity contribution in [1.82, 2.24) is 9.97 Å². The molecule has 0 spiro atoms. The molecule has 3 N–H and O–H groups in total. The third kappa shape index (κ3) is 2.57. The van der Waals surface area contributed by atoms with E-state index in [0.717, 1.165) is 5.69 Å². The molecule has 1 heterocycles. The minimum absolute atomic E-state index is 0.491. The molecule has 1 aromatic carbocycles. The third-order valence-electron chi connectivity index (χ3n) is 1.76. The van der Waals surface area contributed by atoms with Crippen LogP contribution in [0.1, 0.15) is 0 Å². The van der Waals surface area contributed by atoms with Gasteiger partial charge in [0.15, 0.2) is 0 Å². The fourth-order valence-electron chi connectivity index (χ4n) is 1.12. The van der Waals surface area contributed by atoms with Crippen molar-refractivity contribution in [2.24, 2.45) is 0 Å². The van der Waals surface area contributed by atoms with E-state index in [1.54, 1.807) is 6.07 Å². The normalized spacial score (nSPS) is 9.93. The van der Waals surface area contributed by atoms with Gasteiger partial charge in [-0.25, -0.2) is 9.97 Å². The van der Waals surface area contributed by atoms with Crippen LogP contribution in [0, 0.1) is 0 Å². The number of hydrogen-bond donors (Lipinski definition) is 2. The van der Waals surface area contributed by atoms with Gasteiger partial charge in [0, 0.05) is 11.4 Å². The second-order valence-electron chi connectivity index (χ2n) is 2.98. The number of anilines is 3. The predicted octanol–water partition coefficient (Wildman–Crippen LogP) is 2.46. The molecular weight excluding hydrogens is 212 g/mol. The van der Waals surface area contributed by atoms with Gasteiger partial charge >= 0.3 is 0 Å². The van der Waals surface area contributed by atoms with Gasteiger partial charge in [0.1, 0.15) is 0 Å². The van der Waals surface area contributed by atoms with Crippen LogP contribution in [0.2, 0.25) is 5.02 Å². The zero-order chi connectivity index (χ0) is 10.7. The molecule has 0 amide bonds. The van der Waals surface area contributed by atoms with Crippen LogP contribution in [-0.4, -0.2) is 9.97 Å². The molecule has 76 valence electrons. The molecule has 2 aromatic rings. The van der Waals surface area contributed by atoms with E-state index in [9.17, 15) is 0 Å². The Kier molecular flexibility index (Phi) is 2.69. The van der Waals surface area contributed by atoms with Crippen LogP contribution in [0.5, 0.6) is 0 Å². The summed E-state index contributed by atoms with van der Waals surface area (Å²) in [4.78, 5) is 8.02. The molecule has 4 nitrogen and oxygen atoms in total. The Balaban J connectivity index is 2.18. The standard InChI is InChI=1S/C10H9ClN4/c11-7-5-13-10(14-6-7)15-9-3-1-2-8(12)4-9/h1-6H,12H2,(H,13,14,15). The van der Waals surface area contributed by atoms with Crippen LogP contribution in [-0.2, 0) is 0 Å². The van der Waals surface area contributed by atoms with E-state index < -0.39 is 0 Å². The average molecular weight is 221 g/mol. The molecule has 0 saturated heterocycles. The third-order valence-corrected chi connectivity index (χ3v) is 1.96. The molecule has 1 aromatic heterocycles. The van der Waals surface area contributed by atoms with Gasteiger partial charge in [-0.15, -0.1) is 0 Å². The van der Waals surface area contributed by atoms with E-state index in [1.807, 2.05) is 18.2 Å². The van der Waals surface area contributed by atoms with Crippen molar-refractivity contribution in [3.63, 3.8) is 0 Å². The number of rotatable bonds is 2. The monoisotopic (exact) mass is 220 g/mol. The minimum Gasteiger partial charge on any atom is -0.399 e. The van der Waals surface area contributed by atoms with E-state index in [2.05, 4.69) is 15.3 Å². The summed E-state index contributed by atoms with van der Waals surface area (Å²) in [7, 11) is 0. The topological polar surface area (TPSA) is 63.8 Å². The van der Waals surface area contributed by atoms with Crippen LogP contribution in [0.25, 0.3) is 0 Å². The van der Waals surface area contributed by atoms with Crippen LogP contribution >= 0.6 is 11.6 Å². The Morgan fingerprint density at radius 1 is 1.20 bits per heavy atom. The lowest BCUT2D eigenvalue weighted by molar-refractivity contribution is 1.17. The smallest absolute Gasteiger partial charge is 0.227 e. The summed E-state index contributed by atoms with van der Waals surface area (Å²) >= 11 is 5.67. The van der Waals surface area contributed by atoms with Gasteiger partial charge in [0.25, 0.3) is 0 Å². The van der Waals surface area contributed by atoms with E-state index in [1.165, 1.54) is 12.4 Å². The SMILES string of the molecule is Nc1cccc(Nc2ncc(Cl)cn2)c1. The molecule has 0 aliphatic rings. The Bertz CT molecular complexity index is 455. The molecule has 0 radical (unpaired) electrons. The van der Waals surface area contributed by atoms with Gasteiger partial charge in [-0.1, -0.05) is 17.7 Å². The van der Waals surface area contributed by atoms with Crippen molar-refractivity contribution in [2.75, 3.05) is 11.1 Å². The van der Waals surface area contributed by atoms with Crippen molar-refractivity contribution in [3.05, 3.63) is 41.7 Å². The molecule has 0 atom stereocenters. The summed E-state index contributed by atoms with van der Waals surface area (Å²) in [5.41, 5.74) is 7.17. The summed E-state index contributed by atoms with van der Waals surface area (Å²) in [6.07, 6.45) is 3.06. The van der Waals surface area contributed by atoms with Gasteiger partial charge in [-0.05, 0) is 18.2 Å². The maximum Gasteiger partial charge on any atom is 0.227 e. The van der Waals surface area contributed by atoms with E-state index >= 15 is 0 Å². The number of aromatic nitrogens is 2. The fraction of sp³-hybridized carbons (Fsp3) is 0. The van der Waals surface area contributed by atoms with Crippen molar-refractivity contribution in [2.45, 2.75) is 0 Å².